The number of carbonyl (C=O) groups is 1. The monoisotopic (exact) mass is 311 g/mol. The summed E-state index contributed by atoms with van der Waals surface area (Å²) in [5, 5.41) is 0. The van der Waals surface area contributed by atoms with Crippen LogP contribution in [0.25, 0.3) is 0 Å². The van der Waals surface area contributed by atoms with Crippen LogP contribution in [0.3, 0.4) is 0 Å². The Kier molecular flexibility index (Phi) is 5.70. The molecule has 5 heteroatoms. The number of nitrogens with zero attached hydrogens (tertiary/aromatic N) is 1. The second-order valence-corrected chi connectivity index (χ2v) is 7.65. The van der Waals surface area contributed by atoms with Gasteiger partial charge in [0.15, 0.2) is 0 Å². The Labute approximate surface area is 128 Å². The van der Waals surface area contributed by atoms with Gasteiger partial charge in [0.1, 0.15) is 5.78 Å². The normalized spacial score (nSPS) is 18.8. The molecule has 1 saturated heterocycles. The van der Waals surface area contributed by atoms with Gasteiger partial charge >= 0.3 is 0 Å². The molecule has 1 fully saturated rings. The van der Waals surface area contributed by atoms with Gasteiger partial charge in [-0.25, -0.2) is 8.42 Å². The average Bonchev–Trinajstić information content (AvgIpc) is 2.44. The van der Waals surface area contributed by atoms with Crippen LogP contribution >= 0.6 is 0 Å². The summed E-state index contributed by atoms with van der Waals surface area (Å²) >= 11 is 0. The number of benzene rings is 1. The van der Waals surface area contributed by atoms with E-state index in [0.29, 0.717) is 4.90 Å². The Bertz CT molecular complexity index is 588. The molecule has 1 aromatic rings. The summed E-state index contributed by atoms with van der Waals surface area (Å²) in [6.45, 7) is 10.0. The standard InChI is InChI=1S/C14H19NO3S.C2H6/c1-11-4-6-12(7-5-11)19(17,18)15-9-8-13(16)14(2,3)10-15;1-2/h4-7H,8-10H2,1-3H3;1-2H3. The van der Waals surface area contributed by atoms with E-state index in [1.807, 2.05) is 20.8 Å². The number of Topliss-reactive ketones (excluding diaryl/α,β-unsaturated/α-hetero) is 1. The van der Waals surface area contributed by atoms with Gasteiger partial charge in [-0.05, 0) is 19.1 Å². The molecule has 1 aliphatic rings. The minimum absolute atomic E-state index is 0.128. The lowest BCUT2D eigenvalue weighted by Crippen LogP contribution is -2.48. The van der Waals surface area contributed by atoms with E-state index < -0.39 is 15.4 Å². The molecule has 4 nitrogen and oxygen atoms in total. The van der Waals surface area contributed by atoms with E-state index in [1.54, 1.807) is 38.1 Å². The van der Waals surface area contributed by atoms with Crippen LogP contribution in [0, 0.1) is 12.3 Å². The second kappa shape index (κ2) is 6.71. The number of aryl methyl sites for hydroxylation is 1. The van der Waals surface area contributed by atoms with Gasteiger partial charge in [0.05, 0.1) is 4.90 Å². The molecule has 1 aliphatic heterocycles. The number of carbonyl (C=O) groups excluding carboxylic acids is 1. The molecule has 0 aliphatic carbocycles. The van der Waals surface area contributed by atoms with Crippen LogP contribution < -0.4 is 0 Å². The zero-order valence-corrected chi connectivity index (χ0v) is 14.3. The summed E-state index contributed by atoms with van der Waals surface area (Å²) in [4.78, 5) is 12.0. The highest BCUT2D eigenvalue weighted by Crippen LogP contribution is 2.29. The van der Waals surface area contributed by atoms with Gasteiger partial charge in [-0.3, -0.25) is 4.79 Å². The fourth-order valence-corrected chi connectivity index (χ4v) is 3.84. The Morgan fingerprint density at radius 2 is 1.62 bits per heavy atom. The van der Waals surface area contributed by atoms with Crippen molar-refractivity contribution in [3.63, 3.8) is 0 Å². The predicted octanol–water partition coefficient (Wildman–Crippen LogP) is 3.01. The fourth-order valence-electron chi connectivity index (χ4n) is 2.24. The first-order valence-corrected chi connectivity index (χ1v) is 8.78. The molecule has 21 heavy (non-hydrogen) atoms. The van der Waals surface area contributed by atoms with Crippen LogP contribution in [0.4, 0.5) is 0 Å². The van der Waals surface area contributed by atoms with E-state index in [4.69, 9.17) is 0 Å². The molecule has 0 unspecified atom stereocenters. The lowest BCUT2D eigenvalue weighted by Gasteiger charge is -2.35. The largest absolute Gasteiger partial charge is 0.299 e. The van der Waals surface area contributed by atoms with E-state index in [-0.39, 0.29) is 25.3 Å². The summed E-state index contributed by atoms with van der Waals surface area (Å²) in [7, 11) is -3.49. The third-order valence-electron chi connectivity index (χ3n) is 3.57. The molecular weight excluding hydrogens is 286 g/mol. The Morgan fingerprint density at radius 1 is 1.10 bits per heavy atom. The van der Waals surface area contributed by atoms with Gasteiger partial charge in [-0.15, -0.1) is 0 Å². The van der Waals surface area contributed by atoms with Gasteiger partial charge in [0, 0.05) is 24.9 Å². The quantitative estimate of drug-likeness (QED) is 0.843. The molecule has 0 atom stereocenters. The van der Waals surface area contributed by atoms with Gasteiger partial charge in [-0.1, -0.05) is 45.4 Å². The van der Waals surface area contributed by atoms with Gasteiger partial charge < -0.3 is 0 Å². The average molecular weight is 311 g/mol. The maximum absolute atomic E-state index is 12.5. The second-order valence-electron chi connectivity index (χ2n) is 5.71. The summed E-state index contributed by atoms with van der Waals surface area (Å²) in [6, 6.07) is 6.81. The topological polar surface area (TPSA) is 54.5 Å². The molecule has 0 saturated carbocycles. The predicted molar refractivity (Wildman–Crippen MR) is 84.7 cm³/mol. The zero-order valence-electron chi connectivity index (χ0n) is 13.5. The van der Waals surface area contributed by atoms with Crippen molar-refractivity contribution < 1.29 is 13.2 Å². The minimum atomic E-state index is -3.49. The summed E-state index contributed by atoms with van der Waals surface area (Å²) in [5.41, 5.74) is 0.420. The molecule has 1 aromatic carbocycles. The highest BCUT2D eigenvalue weighted by atomic mass is 32.2. The van der Waals surface area contributed by atoms with E-state index in [9.17, 15) is 13.2 Å². The van der Waals surface area contributed by atoms with Crippen molar-refractivity contribution in [2.45, 2.75) is 45.9 Å². The molecule has 0 bridgehead atoms. The third kappa shape index (κ3) is 3.92. The van der Waals surface area contributed by atoms with Crippen LogP contribution in [0.5, 0.6) is 0 Å². The summed E-state index contributed by atoms with van der Waals surface area (Å²) in [5.74, 6) is 0.128. The first-order valence-electron chi connectivity index (χ1n) is 7.34. The molecular formula is C16H25NO3S. The molecule has 118 valence electrons. The SMILES string of the molecule is CC.Cc1ccc(S(=O)(=O)N2CCC(=O)C(C)(C)C2)cc1. The number of rotatable bonds is 2. The van der Waals surface area contributed by atoms with Crippen LogP contribution in [-0.2, 0) is 14.8 Å². The van der Waals surface area contributed by atoms with Gasteiger partial charge in [-0.2, -0.15) is 4.31 Å². The van der Waals surface area contributed by atoms with E-state index >= 15 is 0 Å². The van der Waals surface area contributed by atoms with Crippen molar-refractivity contribution in [2.75, 3.05) is 13.1 Å². The van der Waals surface area contributed by atoms with Crippen molar-refractivity contribution in [1.29, 1.82) is 0 Å². The lowest BCUT2D eigenvalue weighted by atomic mass is 9.84. The number of ketones is 1. The fraction of sp³-hybridized carbons (Fsp3) is 0.562. The number of hydrogen-bond acceptors (Lipinski definition) is 3. The third-order valence-corrected chi connectivity index (χ3v) is 5.43. The lowest BCUT2D eigenvalue weighted by molar-refractivity contribution is -0.129. The van der Waals surface area contributed by atoms with E-state index in [2.05, 4.69) is 0 Å². The van der Waals surface area contributed by atoms with Crippen molar-refractivity contribution in [3.8, 4) is 0 Å². The number of hydrogen-bond donors (Lipinski definition) is 0. The molecule has 0 N–H and O–H groups in total. The van der Waals surface area contributed by atoms with Gasteiger partial charge in [0.2, 0.25) is 10.0 Å². The van der Waals surface area contributed by atoms with Crippen LogP contribution in [0.15, 0.2) is 29.2 Å². The van der Waals surface area contributed by atoms with Crippen LogP contribution in [0.2, 0.25) is 0 Å². The van der Waals surface area contributed by atoms with Crippen molar-refractivity contribution >= 4 is 15.8 Å². The Hall–Kier alpha value is -1.20. The van der Waals surface area contributed by atoms with E-state index in [1.165, 1.54) is 4.31 Å². The van der Waals surface area contributed by atoms with Crippen molar-refractivity contribution in [1.82, 2.24) is 4.31 Å². The van der Waals surface area contributed by atoms with Crippen LogP contribution in [-0.4, -0.2) is 31.6 Å². The minimum Gasteiger partial charge on any atom is -0.299 e. The van der Waals surface area contributed by atoms with Gasteiger partial charge in [0.25, 0.3) is 0 Å². The van der Waals surface area contributed by atoms with Crippen LogP contribution in [0.1, 0.15) is 39.7 Å². The summed E-state index contributed by atoms with van der Waals surface area (Å²) < 4.78 is 26.4. The summed E-state index contributed by atoms with van der Waals surface area (Å²) in [6.07, 6.45) is 0.290. The highest BCUT2D eigenvalue weighted by molar-refractivity contribution is 7.89. The van der Waals surface area contributed by atoms with E-state index in [0.717, 1.165) is 5.56 Å². The van der Waals surface area contributed by atoms with Crippen molar-refractivity contribution in [2.24, 2.45) is 5.41 Å². The maximum atomic E-state index is 12.5. The molecule has 0 spiro atoms. The molecule has 1 heterocycles. The highest BCUT2D eigenvalue weighted by Gasteiger charge is 2.39. The first-order chi connectivity index (χ1) is 9.73. The molecule has 0 aromatic heterocycles. The molecule has 0 amide bonds. The van der Waals surface area contributed by atoms with Crippen molar-refractivity contribution in [3.05, 3.63) is 29.8 Å². The molecule has 2 rings (SSSR count). The smallest absolute Gasteiger partial charge is 0.243 e. The molecule has 0 radical (unpaired) electrons. The number of sulfonamides is 1. The zero-order chi connectivity index (χ0) is 16.3. The Balaban J connectivity index is 0.00000106. The number of piperidine rings is 1. The Morgan fingerprint density at radius 3 is 2.10 bits per heavy atom. The first kappa shape index (κ1) is 17.9. The maximum Gasteiger partial charge on any atom is 0.243 e.